The molecule has 0 fully saturated rings. The van der Waals surface area contributed by atoms with E-state index in [4.69, 9.17) is 14.2 Å². The van der Waals surface area contributed by atoms with Crippen LogP contribution >= 0.6 is 0 Å². The molecule has 0 amide bonds. The lowest BCUT2D eigenvalue weighted by Gasteiger charge is -2.15. The van der Waals surface area contributed by atoms with Crippen LogP contribution in [0.5, 0.6) is 17.2 Å². The smallest absolute Gasteiger partial charge is 0.201 e. The summed E-state index contributed by atoms with van der Waals surface area (Å²) in [5.74, 6) is 2.16. The molecule has 1 aliphatic rings. The minimum Gasteiger partial charge on any atom is -0.497 e. The van der Waals surface area contributed by atoms with Crippen molar-refractivity contribution in [1.29, 1.82) is 0 Å². The number of aromatic nitrogens is 1. The summed E-state index contributed by atoms with van der Waals surface area (Å²) >= 11 is 0. The summed E-state index contributed by atoms with van der Waals surface area (Å²) in [7, 11) is 1.63. The van der Waals surface area contributed by atoms with Gasteiger partial charge in [-0.3, -0.25) is 4.79 Å². The third kappa shape index (κ3) is 2.93. The van der Waals surface area contributed by atoms with Gasteiger partial charge in [-0.2, -0.15) is 0 Å². The van der Waals surface area contributed by atoms with Crippen LogP contribution in [0.3, 0.4) is 0 Å². The summed E-state index contributed by atoms with van der Waals surface area (Å²) in [6.07, 6.45) is 1.70. The molecule has 140 valence electrons. The molecular formula is C22H23NO4. The van der Waals surface area contributed by atoms with Gasteiger partial charge in [-0.05, 0) is 37.1 Å². The molecule has 2 aromatic carbocycles. The van der Waals surface area contributed by atoms with Crippen LogP contribution in [0.2, 0.25) is 0 Å². The Morgan fingerprint density at radius 1 is 1.22 bits per heavy atom. The molecule has 1 N–H and O–H groups in total. The molecule has 0 atom stereocenters. The van der Waals surface area contributed by atoms with Gasteiger partial charge in [-0.1, -0.05) is 19.1 Å². The van der Waals surface area contributed by atoms with E-state index in [9.17, 15) is 4.79 Å². The van der Waals surface area contributed by atoms with Crippen molar-refractivity contribution in [3.8, 4) is 28.4 Å². The fraction of sp³-hybridized carbons (Fsp3) is 0.318. The fourth-order valence-corrected chi connectivity index (χ4v) is 3.62. The SMILES string of the molecule is CCCOc1cc2c(c3c(=O)c(-c4ccc(OC)cc4)c(C)[nH]c13)OCC2. The number of fused-ring (bicyclic) bond motifs is 3. The van der Waals surface area contributed by atoms with E-state index >= 15 is 0 Å². The van der Waals surface area contributed by atoms with E-state index in [1.54, 1.807) is 7.11 Å². The Morgan fingerprint density at radius 3 is 2.70 bits per heavy atom. The topological polar surface area (TPSA) is 60.5 Å². The van der Waals surface area contributed by atoms with Gasteiger partial charge in [-0.15, -0.1) is 0 Å². The minimum absolute atomic E-state index is 0.0356. The molecule has 1 aliphatic heterocycles. The van der Waals surface area contributed by atoms with Gasteiger partial charge in [0.05, 0.1) is 31.2 Å². The molecular weight excluding hydrogens is 342 g/mol. The number of benzene rings is 2. The number of pyridine rings is 1. The van der Waals surface area contributed by atoms with Gasteiger partial charge >= 0.3 is 0 Å². The maximum absolute atomic E-state index is 13.5. The molecule has 3 aromatic rings. The van der Waals surface area contributed by atoms with Gasteiger partial charge in [0.15, 0.2) is 0 Å². The maximum Gasteiger partial charge on any atom is 0.201 e. The molecule has 0 aliphatic carbocycles. The molecule has 0 bridgehead atoms. The molecule has 5 nitrogen and oxygen atoms in total. The lowest BCUT2D eigenvalue weighted by atomic mass is 9.99. The Hall–Kier alpha value is -2.95. The van der Waals surface area contributed by atoms with Crippen LogP contribution < -0.4 is 19.6 Å². The molecule has 4 rings (SSSR count). The normalized spacial score (nSPS) is 12.7. The molecule has 2 heterocycles. The standard InChI is InChI=1S/C22H23NO4/c1-4-10-26-17-12-15-9-11-27-22(15)19-20(17)23-13(2)18(21(19)24)14-5-7-16(25-3)8-6-14/h5-8,12H,4,9-11H2,1-3H3,(H,23,24). The van der Waals surface area contributed by atoms with Crippen molar-refractivity contribution >= 4 is 10.9 Å². The second-order valence-electron chi connectivity index (χ2n) is 6.74. The Bertz CT molecular complexity index is 1050. The Kier molecular flexibility index (Phi) is 4.52. The fourth-order valence-electron chi connectivity index (χ4n) is 3.62. The van der Waals surface area contributed by atoms with Crippen LogP contribution in [0.25, 0.3) is 22.0 Å². The van der Waals surface area contributed by atoms with E-state index in [2.05, 4.69) is 11.9 Å². The number of ether oxygens (including phenoxy) is 3. The number of methoxy groups -OCH3 is 1. The third-order valence-corrected chi connectivity index (χ3v) is 4.92. The van der Waals surface area contributed by atoms with Crippen molar-refractivity contribution in [3.05, 3.63) is 51.8 Å². The van der Waals surface area contributed by atoms with E-state index in [0.29, 0.717) is 35.4 Å². The average Bonchev–Trinajstić information content (AvgIpc) is 3.14. The first-order valence-corrected chi connectivity index (χ1v) is 9.26. The zero-order valence-electron chi connectivity index (χ0n) is 15.8. The number of hydrogen-bond donors (Lipinski definition) is 1. The largest absolute Gasteiger partial charge is 0.497 e. The van der Waals surface area contributed by atoms with E-state index in [1.165, 1.54) is 0 Å². The summed E-state index contributed by atoms with van der Waals surface area (Å²) in [5.41, 5.74) is 4.01. The molecule has 0 radical (unpaired) electrons. The monoisotopic (exact) mass is 365 g/mol. The lowest BCUT2D eigenvalue weighted by molar-refractivity contribution is 0.320. The first-order valence-electron chi connectivity index (χ1n) is 9.26. The molecule has 0 saturated carbocycles. The van der Waals surface area contributed by atoms with Crippen LogP contribution in [0, 0.1) is 6.92 Å². The van der Waals surface area contributed by atoms with Gasteiger partial charge < -0.3 is 19.2 Å². The Labute approximate surface area is 157 Å². The van der Waals surface area contributed by atoms with Crippen LogP contribution in [0.15, 0.2) is 35.1 Å². The highest BCUT2D eigenvalue weighted by atomic mass is 16.5. The number of H-pyrrole nitrogens is 1. The number of aryl methyl sites for hydroxylation is 1. The number of aromatic amines is 1. The first kappa shape index (κ1) is 17.5. The average molecular weight is 365 g/mol. The van der Waals surface area contributed by atoms with E-state index in [0.717, 1.165) is 41.2 Å². The maximum atomic E-state index is 13.5. The van der Waals surface area contributed by atoms with Crippen LogP contribution in [-0.4, -0.2) is 25.3 Å². The Morgan fingerprint density at radius 2 is 2.00 bits per heavy atom. The highest BCUT2D eigenvalue weighted by Gasteiger charge is 2.24. The Balaban J connectivity index is 1.98. The summed E-state index contributed by atoms with van der Waals surface area (Å²) in [4.78, 5) is 16.9. The zero-order chi connectivity index (χ0) is 19.0. The van der Waals surface area contributed by atoms with E-state index < -0.39 is 0 Å². The molecule has 0 spiro atoms. The number of hydrogen-bond acceptors (Lipinski definition) is 4. The first-order chi connectivity index (χ1) is 13.1. The predicted molar refractivity (Wildman–Crippen MR) is 106 cm³/mol. The van der Waals surface area contributed by atoms with E-state index in [1.807, 2.05) is 37.3 Å². The van der Waals surface area contributed by atoms with Gasteiger partial charge in [0, 0.05) is 23.2 Å². The van der Waals surface area contributed by atoms with Gasteiger partial charge in [0.1, 0.15) is 17.2 Å². The molecule has 0 saturated heterocycles. The molecule has 0 unspecified atom stereocenters. The highest BCUT2D eigenvalue weighted by molar-refractivity contribution is 5.95. The molecule has 5 heteroatoms. The van der Waals surface area contributed by atoms with Crippen LogP contribution in [0.1, 0.15) is 24.6 Å². The summed E-state index contributed by atoms with van der Waals surface area (Å²) in [6, 6.07) is 9.53. The molecule has 1 aromatic heterocycles. The lowest BCUT2D eigenvalue weighted by Crippen LogP contribution is -2.12. The summed E-state index contributed by atoms with van der Waals surface area (Å²) < 4.78 is 17.0. The van der Waals surface area contributed by atoms with Gasteiger partial charge in [0.25, 0.3) is 0 Å². The van der Waals surface area contributed by atoms with Crippen molar-refractivity contribution in [3.63, 3.8) is 0 Å². The van der Waals surface area contributed by atoms with Crippen LogP contribution in [-0.2, 0) is 6.42 Å². The quantitative estimate of drug-likeness (QED) is 0.735. The predicted octanol–water partition coefficient (Wildman–Crippen LogP) is 4.24. The second kappa shape index (κ2) is 6.99. The van der Waals surface area contributed by atoms with Crippen molar-refractivity contribution < 1.29 is 14.2 Å². The third-order valence-electron chi connectivity index (χ3n) is 4.92. The van der Waals surface area contributed by atoms with E-state index in [-0.39, 0.29) is 5.43 Å². The highest BCUT2D eigenvalue weighted by Crippen LogP contribution is 2.39. The number of nitrogens with one attached hydrogen (secondary N) is 1. The molecule has 27 heavy (non-hydrogen) atoms. The zero-order valence-corrected chi connectivity index (χ0v) is 15.8. The number of rotatable bonds is 5. The van der Waals surface area contributed by atoms with Crippen molar-refractivity contribution in [2.75, 3.05) is 20.3 Å². The van der Waals surface area contributed by atoms with Crippen LogP contribution in [0.4, 0.5) is 0 Å². The van der Waals surface area contributed by atoms with Crippen molar-refractivity contribution in [1.82, 2.24) is 4.98 Å². The van der Waals surface area contributed by atoms with Gasteiger partial charge in [0.2, 0.25) is 5.43 Å². The minimum atomic E-state index is -0.0356. The van der Waals surface area contributed by atoms with Crippen molar-refractivity contribution in [2.45, 2.75) is 26.7 Å². The second-order valence-corrected chi connectivity index (χ2v) is 6.74. The van der Waals surface area contributed by atoms with Gasteiger partial charge in [-0.25, -0.2) is 0 Å². The summed E-state index contributed by atoms with van der Waals surface area (Å²) in [5, 5.41) is 0.576. The summed E-state index contributed by atoms with van der Waals surface area (Å²) in [6.45, 7) is 5.18. The van der Waals surface area contributed by atoms with Crippen molar-refractivity contribution in [2.24, 2.45) is 0 Å².